The number of nitrogens with two attached hydrogens (primary N) is 1. The van der Waals surface area contributed by atoms with Crippen LogP contribution < -0.4 is 10.5 Å². The van der Waals surface area contributed by atoms with Crippen LogP contribution in [0.1, 0.15) is 25.1 Å². The molecule has 1 heterocycles. The predicted octanol–water partition coefficient (Wildman–Crippen LogP) is 1.75. The number of hydrogen-bond donors (Lipinski definition) is 1. The van der Waals surface area contributed by atoms with Crippen molar-refractivity contribution in [1.82, 2.24) is 4.98 Å². The summed E-state index contributed by atoms with van der Waals surface area (Å²) in [7, 11) is 1.68. The van der Waals surface area contributed by atoms with E-state index in [-0.39, 0.29) is 0 Å². The number of pyridine rings is 1. The van der Waals surface area contributed by atoms with E-state index in [0.717, 1.165) is 23.4 Å². The minimum absolute atomic E-state index is 0.471. The zero-order chi connectivity index (χ0) is 10.6. The highest BCUT2D eigenvalue weighted by Gasteiger charge is 2.10. The fourth-order valence-electron chi connectivity index (χ4n) is 1.51. The van der Waals surface area contributed by atoms with E-state index < -0.39 is 0 Å². The predicted molar refractivity (Wildman–Crippen MR) is 57.2 cm³/mol. The molecule has 0 bridgehead atoms. The highest BCUT2D eigenvalue weighted by molar-refractivity contribution is 5.36. The second-order valence-corrected chi connectivity index (χ2v) is 3.74. The van der Waals surface area contributed by atoms with Gasteiger partial charge in [0, 0.05) is 18.3 Å². The van der Waals surface area contributed by atoms with Crippen molar-refractivity contribution in [2.24, 2.45) is 11.7 Å². The molecule has 0 aliphatic rings. The Bertz CT molecular complexity index is 275. The Morgan fingerprint density at radius 1 is 1.50 bits per heavy atom. The van der Waals surface area contributed by atoms with Crippen molar-refractivity contribution in [2.75, 3.05) is 7.11 Å². The van der Waals surface area contributed by atoms with Crippen LogP contribution in [0.5, 0.6) is 5.75 Å². The van der Waals surface area contributed by atoms with Gasteiger partial charge in [-0.3, -0.25) is 4.98 Å². The molecule has 0 saturated heterocycles. The van der Waals surface area contributed by atoms with E-state index in [1.54, 1.807) is 13.3 Å². The van der Waals surface area contributed by atoms with Crippen LogP contribution in [0.2, 0.25) is 0 Å². The van der Waals surface area contributed by atoms with Gasteiger partial charge in [0.05, 0.1) is 12.8 Å². The molecular weight excluding hydrogens is 176 g/mol. The van der Waals surface area contributed by atoms with Crippen molar-refractivity contribution in [3.63, 3.8) is 0 Å². The molecule has 1 aromatic heterocycles. The van der Waals surface area contributed by atoms with Crippen LogP contribution in [0.15, 0.2) is 12.3 Å². The standard InChI is InChI=1S/C11H18N2O/c1-8(2)6-9-10(7-12)13-5-4-11(9)14-3/h4-5,8H,6-7,12H2,1-3H3. The van der Waals surface area contributed by atoms with Gasteiger partial charge in [-0.2, -0.15) is 0 Å². The molecule has 0 atom stereocenters. The number of aromatic nitrogens is 1. The third-order valence-electron chi connectivity index (χ3n) is 2.13. The number of ether oxygens (including phenoxy) is 1. The fraction of sp³-hybridized carbons (Fsp3) is 0.545. The molecule has 1 rings (SSSR count). The summed E-state index contributed by atoms with van der Waals surface area (Å²) in [5, 5.41) is 0. The number of hydrogen-bond acceptors (Lipinski definition) is 3. The Kier molecular flexibility index (Phi) is 3.89. The van der Waals surface area contributed by atoms with Gasteiger partial charge in [-0.25, -0.2) is 0 Å². The summed E-state index contributed by atoms with van der Waals surface area (Å²) in [4.78, 5) is 4.25. The average Bonchev–Trinajstić information content (AvgIpc) is 2.17. The van der Waals surface area contributed by atoms with E-state index in [9.17, 15) is 0 Å². The van der Waals surface area contributed by atoms with Gasteiger partial charge in [0.15, 0.2) is 0 Å². The highest BCUT2D eigenvalue weighted by Crippen LogP contribution is 2.23. The zero-order valence-electron chi connectivity index (χ0n) is 9.08. The molecule has 0 saturated carbocycles. The Morgan fingerprint density at radius 3 is 2.71 bits per heavy atom. The molecule has 0 unspecified atom stereocenters. The molecule has 14 heavy (non-hydrogen) atoms. The molecule has 3 nitrogen and oxygen atoms in total. The van der Waals surface area contributed by atoms with Crippen LogP contribution >= 0.6 is 0 Å². The summed E-state index contributed by atoms with van der Waals surface area (Å²) in [6.07, 6.45) is 2.70. The molecule has 0 amide bonds. The van der Waals surface area contributed by atoms with Crippen LogP contribution in [-0.2, 0) is 13.0 Å². The molecular formula is C11H18N2O. The number of rotatable bonds is 4. The summed E-state index contributed by atoms with van der Waals surface area (Å²) < 4.78 is 5.29. The van der Waals surface area contributed by atoms with E-state index in [4.69, 9.17) is 10.5 Å². The van der Waals surface area contributed by atoms with Crippen molar-refractivity contribution in [3.05, 3.63) is 23.5 Å². The number of nitrogens with zero attached hydrogens (tertiary/aromatic N) is 1. The third kappa shape index (κ3) is 2.45. The highest BCUT2D eigenvalue weighted by atomic mass is 16.5. The van der Waals surface area contributed by atoms with E-state index in [2.05, 4.69) is 18.8 Å². The fourth-order valence-corrected chi connectivity index (χ4v) is 1.51. The average molecular weight is 194 g/mol. The second kappa shape index (κ2) is 4.96. The van der Waals surface area contributed by atoms with Gasteiger partial charge in [-0.1, -0.05) is 13.8 Å². The van der Waals surface area contributed by atoms with Crippen LogP contribution in [0, 0.1) is 5.92 Å². The van der Waals surface area contributed by atoms with Crippen molar-refractivity contribution in [3.8, 4) is 5.75 Å². The first-order valence-corrected chi connectivity index (χ1v) is 4.89. The molecule has 0 aromatic carbocycles. The first-order valence-electron chi connectivity index (χ1n) is 4.89. The normalized spacial score (nSPS) is 10.6. The first kappa shape index (κ1) is 11.0. The molecule has 0 aliphatic heterocycles. The lowest BCUT2D eigenvalue weighted by molar-refractivity contribution is 0.404. The van der Waals surface area contributed by atoms with Crippen molar-refractivity contribution in [1.29, 1.82) is 0 Å². The lowest BCUT2D eigenvalue weighted by atomic mass is 10.0. The molecule has 0 aliphatic carbocycles. The molecule has 78 valence electrons. The van der Waals surface area contributed by atoms with Crippen LogP contribution in [0.3, 0.4) is 0 Å². The molecule has 0 fully saturated rings. The van der Waals surface area contributed by atoms with Crippen LogP contribution in [-0.4, -0.2) is 12.1 Å². The summed E-state index contributed by atoms with van der Waals surface area (Å²) in [5.74, 6) is 1.48. The maximum Gasteiger partial charge on any atom is 0.125 e. The topological polar surface area (TPSA) is 48.1 Å². The minimum Gasteiger partial charge on any atom is -0.496 e. The van der Waals surface area contributed by atoms with Gasteiger partial charge in [0.25, 0.3) is 0 Å². The summed E-state index contributed by atoms with van der Waals surface area (Å²) in [6, 6.07) is 1.89. The van der Waals surface area contributed by atoms with Crippen molar-refractivity contribution < 1.29 is 4.74 Å². The van der Waals surface area contributed by atoms with Gasteiger partial charge in [0.1, 0.15) is 5.75 Å². The molecule has 0 spiro atoms. The van der Waals surface area contributed by atoms with Gasteiger partial charge < -0.3 is 10.5 Å². The Hall–Kier alpha value is -1.09. The van der Waals surface area contributed by atoms with Gasteiger partial charge in [-0.05, 0) is 18.4 Å². The summed E-state index contributed by atoms with van der Waals surface area (Å²) >= 11 is 0. The maximum absolute atomic E-state index is 5.63. The Balaban J connectivity index is 3.05. The monoisotopic (exact) mass is 194 g/mol. The van der Waals surface area contributed by atoms with Gasteiger partial charge in [0.2, 0.25) is 0 Å². The quantitative estimate of drug-likeness (QED) is 0.794. The van der Waals surface area contributed by atoms with E-state index in [1.165, 1.54) is 0 Å². The van der Waals surface area contributed by atoms with E-state index in [0.29, 0.717) is 12.5 Å². The van der Waals surface area contributed by atoms with Crippen LogP contribution in [0.4, 0.5) is 0 Å². The van der Waals surface area contributed by atoms with E-state index in [1.807, 2.05) is 6.07 Å². The van der Waals surface area contributed by atoms with Gasteiger partial charge >= 0.3 is 0 Å². The summed E-state index contributed by atoms with van der Waals surface area (Å²) in [5.41, 5.74) is 7.72. The largest absolute Gasteiger partial charge is 0.496 e. The Labute approximate surface area is 85.3 Å². The van der Waals surface area contributed by atoms with Gasteiger partial charge in [-0.15, -0.1) is 0 Å². The maximum atomic E-state index is 5.63. The molecule has 1 aromatic rings. The zero-order valence-corrected chi connectivity index (χ0v) is 9.08. The smallest absolute Gasteiger partial charge is 0.125 e. The second-order valence-electron chi connectivity index (χ2n) is 3.74. The SMILES string of the molecule is COc1ccnc(CN)c1CC(C)C. The van der Waals surface area contributed by atoms with Crippen molar-refractivity contribution >= 4 is 0 Å². The molecule has 0 radical (unpaired) electrons. The lowest BCUT2D eigenvalue weighted by Crippen LogP contribution is -2.08. The van der Waals surface area contributed by atoms with E-state index >= 15 is 0 Å². The minimum atomic E-state index is 0.471. The van der Waals surface area contributed by atoms with Crippen molar-refractivity contribution in [2.45, 2.75) is 26.8 Å². The first-order chi connectivity index (χ1) is 6.69. The number of methoxy groups -OCH3 is 1. The molecule has 3 heteroatoms. The van der Waals surface area contributed by atoms with Crippen LogP contribution in [0.25, 0.3) is 0 Å². The lowest BCUT2D eigenvalue weighted by Gasteiger charge is -2.13. The third-order valence-corrected chi connectivity index (χ3v) is 2.13. The Morgan fingerprint density at radius 2 is 2.21 bits per heavy atom. The molecule has 2 N–H and O–H groups in total. The summed E-state index contributed by atoms with van der Waals surface area (Å²) in [6.45, 7) is 4.82.